The van der Waals surface area contributed by atoms with Crippen LogP contribution < -0.4 is 19.6 Å². The Labute approximate surface area is 819 Å². The van der Waals surface area contributed by atoms with Gasteiger partial charge in [0, 0.05) is 117 Å². The summed E-state index contributed by atoms with van der Waals surface area (Å²) in [5, 5.41) is 31.5. The van der Waals surface area contributed by atoms with Crippen molar-refractivity contribution in [3.8, 4) is 0 Å². The molecule has 27 rings (SSSR count). The Kier molecular flexibility index (Phi) is 20.8. The molecular formula is C130H98N4S4. The topological polar surface area (TPSA) is 13.0 Å². The lowest BCUT2D eigenvalue weighted by Crippen LogP contribution is -2.16. The van der Waals surface area contributed by atoms with Crippen LogP contribution >= 0.6 is 45.3 Å². The Hall–Kier alpha value is -15.3. The predicted molar refractivity (Wildman–Crippen MR) is 608 cm³/mol. The van der Waals surface area contributed by atoms with Crippen LogP contribution in [-0.4, -0.2) is 0 Å². The summed E-state index contributed by atoms with van der Waals surface area (Å²) in [6.07, 6.45) is 2.02. The van der Waals surface area contributed by atoms with Gasteiger partial charge in [0.15, 0.2) is 0 Å². The summed E-state index contributed by atoms with van der Waals surface area (Å²) < 4.78 is 10.4. The van der Waals surface area contributed by atoms with Crippen LogP contribution in [-0.2, 0) is 23.7 Å². The number of nitrogens with zero attached hydrogens (tertiary/aromatic N) is 4. The molecule has 0 N–H and O–H groups in total. The summed E-state index contributed by atoms with van der Waals surface area (Å²) in [6.45, 7) is 18.6. The lowest BCUT2D eigenvalue weighted by atomic mass is 9.78. The smallest absolute Gasteiger partial charge is 0.0640 e. The molecule has 4 heterocycles. The summed E-state index contributed by atoms with van der Waals surface area (Å²) >= 11 is 7.53. The van der Waals surface area contributed by atoms with Crippen molar-refractivity contribution in [3.05, 3.63) is 447 Å². The zero-order valence-corrected chi connectivity index (χ0v) is 81.5. The molecule has 4 aromatic heterocycles. The summed E-state index contributed by atoms with van der Waals surface area (Å²) in [5.41, 5.74) is 19.8. The monoisotopic (exact) mass is 1840 g/mol. The maximum Gasteiger partial charge on any atom is 0.0640 e. The van der Waals surface area contributed by atoms with Crippen molar-refractivity contribution in [1.82, 2.24) is 0 Å². The van der Waals surface area contributed by atoms with Gasteiger partial charge in [-0.1, -0.05) is 371 Å². The van der Waals surface area contributed by atoms with E-state index in [-0.39, 0.29) is 10.8 Å². The average molecular weight is 1840 g/mol. The molecule has 662 valence electrons. The van der Waals surface area contributed by atoms with Crippen molar-refractivity contribution < 1.29 is 0 Å². The van der Waals surface area contributed by atoms with Gasteiger partial charge < -0.3 is 19.6 Å². The van der Waals surface area contributed by atoms with E-state index in [2.05, 4.69) is 500 Å². The number of thiophene rings is 4. The van der Waals surface area contributed by atoms with E-state index in [9.17, 15) is 0 Å². The molecular weight excluding hydrogens is 1750 g/mol. The maximum atomic E-state index is 2.52. The third-order valence-electron chi connectivity index (χ3n) is 28.4. The molecule has 0 atom stereocenters. The molecule has 0 radical (unpaired) electrons. The van der Waals surface area contributed by atoms with Crippen molar-refractivity contribution in [1.29, 1.82) is 0 Å². The summed E-state index contributed by atoms with van der Waals surface area (Å²) in [4.78, 5) is 10.0. The fourth-order valence-electron chi connectivity index (χ4n) is 22.2. The number of rotatable bonds is 14. The Bertz CT molecular complexity index is 9150. The van der Waals surface area contributed by atoms with Gasteiger partial charge in [-0.05, 0) is 209 Å². The number of hydrogen-bond acceptors (Lipinski definition) is 8. The molecule has 0 spiro atoms. The van der Waals surface area contributed by atoms with E-state index in [1.165, 1.54) is 246 Å². The van der Waals surface area contributed by atoms with Crippen LogP contribution in [0.3, 0.4) is 0 Å². The third kappa shape index (κ3) is 13.9. The highest BCUT2D eigenvalue weighted by atomic mass is 32.1. The standard InChI is InChI=1S/C50H32N2S2.C42H37NS.C38H29NS/c1-3-17-33(18-4-1)51(43-29-15-27-41-35-21-11-13-31-45(35)53-49(41)43)47-37-23-7-9-25-39(37)48(40-26-10-8-24-38(40)47)52(34-19-5-2-6-20-34)44-30-16-28-42-36-22-12-14-32-46(36)54-50(42)44;1-41(2,3)33-24-20-26-19-21-31-34(42(4,5)6)25-36(32-23-22-30(33)38(26)39(31)32)43(27-13-8-7-9-14-27)35-17-12-16-29-28-15-10-11-18-37(28)44-40(29)35;1-3-24-17-18-26-19-20-29-25(4-2)23-34(32-22-21-28(24)36(26)37(29)32)39(27-11-6-5-7-12-27)33-15-10-14-31-30-13-8-9-16-35(30)40-38(31)33/h1-32H;7-25H,1-6H3;5-23H,3-4H2,1-2H3. The molecule has 0 fully saturated rings. The number of fused-ring (bicyclic) bond motifs is 14. The highest BCUT2D eigenvalue weighted by Gasteiger charge is 2.33. The molecule has 23 aromatic carbocycles. The molecule has 27 aromatic rings. The molecule has 0 unspecified atom stereocenters. The lowest BCUT2D eigenvalue weighted by Gasteiger charge is -2.33. The van der Waals surface area contributed by atoms with Crippen molar-refractivity contribution in [3.63, 3.8) is 0 Å². The van der Waals surface area contributed by atoms with Crippen LogP contribution in [0.2, 0.25) is 0 Å². The van der Waals surface area contributed by atoms with E-state index < -0.39 is 0 Å². The van der Waals surface area contributed by atoms with Crippen LogP contribution in [0.5, 0.6) is 0 Å². The second-order valence-corrected chi connectivity index (χ2v) is 42.7. The number of anilines is 12. The van der Waals surface area contributed by atoms with E-state index in [1.54, 1.807) is 0 Å². The first-order chi connectivity index (χ1) is 67.7. The van der Waals surface area contributed by atoms with Crippen molar-refractivity contribution in [2.75, 3.05) is 19.6 Å². The first-order valence-electron chi connectivity index (χ1n) is 48.1. The van der Waals surface area contributed by atoms with Gasteiger partial charge in [0.2, 0.25) is 0 Å². The van der Waals surface area contributed by atoms with Crippen LogP contribution in [0.15, 0.2) is 425 Å². The largest absolute Gasteiger partial charge is 0.308 e. The number of aryl methyl sites for hydroxylation is 2. The molecule has 0 bridgehead atoms. The van der Waals surface area contributed by atoms with Gasteiger partial charge in [-0.2, -0.15) is 0 Å². The fraction of sp³-hybridized carbons (Fsp3) is 0.0923. The minimum atomic E-state index is -0.0457. The molecule has 0 aliphatic carbocycles. The highest BCUT2D eigenvalue weighted by Crippen LogP contribution is 2.58. The minimum absolute atomic E-state index is 0.0457. The molecule has 0 saturated carbocycles. The molecule has 0 aliphatic rings. The van der Waals surface area contributed by atoms with Gasteiger partial charge in [0.05, 0.1) is 64.3 Å². The molecule has 8 heteroatoms. The van der Waals surface area contributed by atoms with Gasteiger partial charge in [-0.15, -0.1) is 45.3 Å². The number of benzene rings is 23. The molecule has 4 nitrogen and oxygen atoms in total. The summed E-state index contributed by atoms with van der Waals surface area (Å²) in [7, 11) is 0. The quantitative estimate of drug-likeness (QED) is 0.0611. The van der Waals surface area contributed by atoms with E-state index in [0.29, 0.717) is 0 Å². The Morgan fingerprint density at radius 1 is 0.188 bits per heavy atom. The van der Waals surface area contributed by atoms with E-state index in [0.717, 1.165) is 24.2 Å². The fourth-order valence-corrected chi connectivity index (χ4v) is 27.1. The van der Waals surface area contributed by atoms with Crippen molar-refractivity contribution in [2.24, 2.45) is 0 Å². The van der Waals surface area contributed by atoms with Crippen molar-refractivity contribution >= 4 is 280 Å². The van der Waals surface area contributed by atoms with Gasteiger partial charge in [-0.3, -0.25) is 0 Å². The first-order valence-corrected chi connectivity index (χ1v) is 51.4. The average Bonchev–Trinajstić information content (AvgIpc) is 1.02. The zero-order valence-electron chi connectivity index (χ0n) is 78.3. The maximum absolute atomic E-state index is 2.52. The Morgan fingerprint density at radius 3 is 0.833 bits per heavy atom. The third-order valence-corrected chi connectivity index (χ3v) is 33.3. The van der Waals surface area contributed by atoms with Crippen LogP contribution in [0.4, 0.5) is 68.2 Å². The van der Waals surface area contributed by atoms with Crippen LogP contribution in [0.1, 0.15) is 77.6 Å². The Balaban J connectivity index is 0.000000111. The predicted octanol–water partition coefficient (Wildman–Crippen LogP) is 40.2. The lowest BCUT2D eigenvalue weighted by molar-refractivity contribution is 0.595. The van der Waals surface area contributed by atoms with E-state index >= 15 is 0 Å². The zero-order chi connectivity index (χ0) is 92.8. The normalized spacial score (nSPS) is 12.1. The highest BCUT2D eigenvalue weighted by molar-refractivity contribution is 7.27. The van der Waals surface area contributed by atoms with E-state index in [1.807, 2.05) is 45.3 Å². The SMILES string of the molecule is CC(C)(C)c1ccc2ccc3c(C(C)(C)C)cc(N(c4ccccc4)c4cccc5c4sc4ccccc45)c4ccc1c2c43.CCc1ccc2ccc3c(CC)cc(N(c4ccccc4)c4cccc5c4sc4ccccc45)c4ccc1c2c34.c1ccc(N(c2c3ccccc3c(N(c3ccccc3)c3cccc4c3sc3ccccc34)c3ccccc23)c2cccc3c2sc2ccccc23)cc1. The van der Waals surface area contributed by atoms with Gasteiger partial charge in [0.25, 0.3) is 0 Å². The van der Waals surface area contributed by atoms with Crippen LogP contribution in [0.25, 0.3) is 167 Å². The second kappa shape index (κ2) is 33.9. The molecule has 0 amide bonds. The Morgan fingerprint density at radius 2 is 0.457 bits per heavy atom. The minimum Gasteiger partial charge on any atom is -0.308 e. The summed E-state index contributed by atoms with van der Waals surface area (Å²) in [6, 6.07) is 157. The molecule has 0 saturated heterocycles. The molecule has 138 heavy (non-hydrogen) atoms. The first kappa shape index (κ1) is 84.5. The summed E-state index contributed by atoms with van der Waals surface area (Å²) in [5.74, 6) is 0. The van der Waals surface area contributed by atoms with Gasteiger partial charge in [0.1, 0.15) is 0 Å². The van der Waals surface area contributed by atoms with Crippen molar-refractivity contribution in [2.45, 2.75) is 79.1 Å². The molecule has 0 aliphatic heterocycles. The van der Waals surface area contributed by atoms with Crippen LogP contribution in [0, 0.1) is 0 Å². The number of para-hydroxylation sites is 4. The number of hydrogen-bond donors (Lipinski definition) is 0. The second-order valence-electron chi connectivity index (χ2n) is 38.5. The van der Waals surface area contributed by atoms with E-state index in [4.69, 9.17) is 0 Å². The van der Waals surface area contributed by atoms with Gasteiger partial charge >= 0.3 is 0 Å². The van der Waals surface area contributed by atoms with Gasteiger partial charge in [-0.25, -0.2) is 0 Å².